The first kappa shape index (κ1) is 17.1. The lowest BCUT2D eigenvalue weighted by Crippen LogP contribution is -2.37. The van der Waals surface area contributed by atoms with Gasteiger partial charge in [-0.2, -0.15) is 0 Å². The first-order valence-electron chi connectivity index (χ1n) is 6.91. The smallest absolute Gasteiger partial charge is 0.251 e. The Morgan fingerprint density at radius 2 is 1.81 bits per heavy atom. The predicted molar refractivity (Wildman–Crippen MR) is 81.0 cm³/mol. The molecule has 0 aliphatic carbocycles. The lowest BCUT2D eigenvalue weighted by atomic mass is 10.1. The molecule has 116 valence electrons. The van der Waals surface area contributed by atoms with Gasteiger partial charge in [0.15, 0.2) is 0 Å². The molecule has 1 atom stereocenters. The minimum absolute atomic E-state index is 0.142. The van der Waals surface area contributed by atoms with Crippen LogP contribution >= 0.6 is 0 Å². The summed E-state index contributed by atoms with van der Waals surface area (Å²) >= 11 is 0. The standard InChI is InChI=1S/C15H23N3O3/c1-11-3-5-12(6-4-11)15(20)18-8-7-17-14(19)9-13(10-16)21-2/h3-6,13H,7-10,16H2,1-2H3,(H,17,19)(H,18,20). The molecule has 0 fully saturated rings. The summed E-state index contributed by atoms with van der Waals surface area (Å²) in [5.41, 5.74) is 7.15. The topological polar surface area (TPSA) is 93.4 Å². The Labute approximate surface area is 125 Å². The van der Waals surface area contributed by atoms with Crippen LogP contribution in [0.5, 0.6) is 0 Å². The molecule has 1 rings (SSSR count). The number of hydrogen-bond donors (Lipinski definition) is 3. The van der Waals surface area contributed by atoms with E-state index in [1.807, 2.05) is 19.1 Å². The van der Waals surface area contributed by atoms with Crippen molar-refractivity contribution in [3.8, 4) is 0 Å². The lowest BCUT2D eigenvalue weighted by Gasteiger charge is -2.12. The van der Waals surface area contributed by atoms with Crippen LogP contribution in [-0.2, 0) is 9.53 Å². The van der Waals surface area contributed by atoms with E-state index in [1.54, 1.807) is 12.1 Å². The van der Waals surface area contributed by atoms with Crippen LogP contribution in [0.15, 0.2) is 24.3 Å². The zero-order valence-electron chi connectivity index (χ0n) is 12.5. The molecule has 0 aromatic heterocycles. The second kappa shape index (κ2) is 9.10. The quantitative estimate of drug-likeness (QED) is 0.597. The summed E-state index contributed by atoms with van der Waals surface area (Å²) in [6.45, 7) is 3.01. The van der Waals surface area contributed by atoms with Crippen molar-refractivity contribution >= 4 is 11.8 Å². The number of amides is 2. The second-order valence-electron chi connectivity index (χ2n) is 4.77. The van der Waals surface area contributed by atoms with Crippen molar-refractivity contribution < 1.29 is 14.3 Å². The Balaban J connectivity index is 2.23. The molecule has 1 aromatic rings. The number of hydrogen-bond acceptors (Lipinski definition) is 4. The van der Waals surface area contributed by atoms with E-state index in [-0.39, 0.29) is 24.3 Å². The number of nitrogens with one attached hydrogen (secondary N) is 2. The highest BCUT2D eigenvalue weighted by Crippen LogP contribution is 2.02. The summed E-state index contributed by atoms with van der Waals surface area (Å²) in [5, 5.41) is 5.45. The van der Waals surface area contributed by atoms with Gasteiger partial charge in [-0.25, -0.2) is 0 Å². The summed E-state index contributed by atoms with van der Waals surface area (Å²) in [7, 11) is 1.52. The number of carbonyl (C=O) groups is 2. The Kier molecular flexibility index (Phi) is 7.42. The van der Waals surface area contributed by atoms with Crippen molar-refractivity contribution in [2.45, 2.75) is 19.4 Å². The van der Waals surface area contributed by atoms with Crippen molar-refractivity contribution in [3.63, 3.8) is 0 Å². The van der Waals surface area contributed by atoms with Crippen LogP contribution in [0, 0.1) is 6.92 Å². The molecule has 0 aliphatic rings. The van der Waals surface area contributed by atoms with Gasteiger partial charge < -0.3 is 21.1 Å². The normalized spacial score (nSPS) is 11.8. The number of ether oxygens (including phenoxy) is 1. The van der Waals surface area contributed by atoms with Gasteiger partial charge in [0.05, 0.1) is 12.5 Å². The minimum atomic E-state index is -0.271. The van der Waals surface area contributed by atoms with E-state index in [4.69, 9.17) is 10.5 Å². The second-order valence-corrected chi connectivity index (χ2v) is 4.77. The van der Waals surface area contributed by atoms with Crippen molar-refractivity contribution in [2.24, 2.45) is 5.73 Å². The van der Waals surface area contributed by atoms with Crippen molar-refractivity contribution in [3.05, 3.63) is 35.4 Å². The predicted octanol–water partition coefficient (Wildman–Crippen LogP) is 0.205. The van der Waals surface area contributed by atoms with Crippen LogP contribution in [0.2, 0.25) is 0 Å². The Morgan fingerprint density at radius 3 is 2.38 bits per heavy atom. The minimum Gasteiger partial charge on any atom is -0.380 e. The third-order valence-corrected chi connectivity index (χ3v) is 3.06. The monoisotopic (exact) mass is 293 g/mol. The molecule has 1 unspecified atom stereocenters. The fourth-order valence-corrected chi connectivity index (χ4v) is 1.73. The van der Waals surface area contributed by atoms with E-state index in [1.165, 1.54) is 7.11 Å². The summed E-state index contributed by atoms with van der Waals surface area (Å²) in [6, 6.07) is 7.31. The average Bonchev–Trinajstić information content (AvgIpc) is 2.49. The zero-order chi connectivity index (χ0) is 15.7. The average molecular weight is 293 g/mol. The number of methoxy groups -OCH3 is 1. The third-order valence-electron chi connectivity index (χ3n) is 3.06. The van der Waals surface area contributed by atoms with E-state index >= 15 is 0 Å². The zero-order valence-corrected chi connectivity index (χ0v) is 12.5. The highest BCUT2D eigenvalue weighted by molar-refractivity contribution is 5.94. The van der Waals surface area contributed by atoms with Gasteiger partial charge >= 0.3 is 0 Å². The summed E-state index contributed by atoms with van der Waals surface area (Å²) < 4.78 is 5.03. The molecule has 0 radical (unpaired) electrons. The van der Waals surface area contributed by atoms with E-state index < -0.39 is 0 Å². The number of rotatable bonds is 8. The Hall–Kier alpha value is -1.92. The highest BCUT2D eigenvalue weighted by Gasteiger charge is 2.11. The largest absolute Gasteiger partial charge is 0.380 e. The van der Waals surface area contributed by atoms with Gasteiger partial charge in [-0.15, -0.1) is 0 Å². The van der Waals surface area contributed by atoms with Crippen LogP contribution in [0.3, 0.4) is 0 Å². The van der Waals surface area contributed by atoms with Crippen molar-refractivity contribution in [2.75, 3.05) is 26.7 Å². The van der Waals surface area contributed by atoms with E-state index in [9.17, 15) is 9.59 Å². The van der Waals surface area contributed by atoms with Crippen molar-refractivity contribution in [1.29, 1.82) is 0 Å². The Morgan fingerprint density at radius 1 is 1.19 bits per heavy atom. The van der Waals surface area contributed by atoms with Gasteiger partial charge in [0, 0.05) is 32.3 Å². The van der Waals surface area contributed by atoms with Crippen LogP contribution in [-0.4, -0.2) is 44.7 Å². The summed E-state index contributed by atoms with van der Waals surface area (Å²) in [5.74, 6) is -0.294. The first-order chi connectivity index (χ1) is 10.1. The molecular formula is C15H23N3O3. The molecule has 6 nitrogen and oxygen atoms in total. The number of carbonyl (C=O) groups excluding carboxylic acids is 2. The van der Waals surface area contributed by atoms with Gasteiger partial charge in [-0.05, 0) is 19.1 Å². The number of aryl methyl sites for hydroxylation is 1. The van der Waals surface area contributed by atoms with Gasteiger partial charge in [0.1, 0.15) is 0 Å². The van der Waals surface area contributed by atoms with E-state index in [0.29, 0.717) is 25.2 Å². The fourth-order valence-electron chi connectivity index (χ4n) is 1.73. The lowest BCUT2D eigenvalue weighted by molar-refractivity contribution is -0.123. The molecule has 4 N–H and O–H groups in total. The van der Waals surface area contributed by atoms with Gasteiger partial charge in [-0.3, -0.25) is 9.59 Å². The molecule has 0 aliphatic heterocycles. The molecule has 1 aromatic carbocycles. The van der Waals surface area contributed by atoms with Crippen LogP contribution in [0.25, 0.3) is 0 Å². The molecule has 21 heavy (non-hydrogen) atoms. The highest BCUT2D eigenvalue weighted by atomic mass is 16.5. The SMILES string of the molecule is COC(CN)CC(=O)NCCNC(=O)c1ccc(C)cc1. The molecule has 0 heterocycles. The third kappa shape index (κ3) is 6.37. The fraction of sp³-hybridized carbons (Fsp3) is 0.467. The van der Waals surface area contributed by atoms with Gasteiger partial charge in [0.2, 0.25) is 5.91 Å². The molecule has 0 saturated heterocycles. The summed E-state index contributed by atoms with van der Waals surface area (Å²) in [6.07, 6.45) is -0.0500. The molecular weight excluding hydrogens is 270 g/mol. The molecule has 0 bridgehead atoms. The van der Waals surface area contributed by atoms with E-state index in [0.717, 1.165) is 5.56 Å². The van der Waals surface area contributed by atoms with Crippen molar-refractivity contribution in [1.82, 2.24) is 10.6 Å². The van der Waals surface area contributed by atoms with Gasteiger partial charge in [0.25, 0.3) is 5.91 Å². The first-order valence-corrected chi connectivity index (χ1v) is 6.91. The maximum Gasteiger partial charge on any atom is 0.251 e. The molecule has 2 amide bonds. The number of benzene rings is 1. The van der Waals surface area contributed by atoms with Gasteiger partial charge in [-0.1, -0.05) is 17.7 Å². The molecule has 0 spiro atoms. The van der Waals surface area contributed by atoms with Crippen LogP contribution in [0.4, 0.5) is 0 Å². The van der Waals surface area contributed by atoms with E-state index in [2.05, 4.69) is 10.6 Å². The molecule has 6 heteroatoms. The molecule has 0 saturated carbocycles. The number of nitrogens with two attached hydrogens (primary N) is 1. The van der Waals surface area contributed by atoms with Crippen LogP contribution < -0.4 is 16.4 Å². The van der Waals surface area contributed by atoms with Crippen LogP contribution in [0.1, 0.15) is 22.3 Å². The maximum absolute atomic E-state index is 11.8. The Bertz CT molecular complexity index is 456. The maximum atomic E-state index is 11.8. The summed E-state index contributed by atoms with van der Waals surface area (Å²) in [4.78, 5) is 23.4.